The summed E-state index contributed by atoms with van der Waals surface area (Å²) >= 11 is 0. The molecule has 0 unspecified atom stereocenters. The first-order valence-electron chi connectivity index (χ1n) is 8.60. The zero-order chi connectivity index (χ0) is 19.4. The number of anilines is 1. The van der Waals surface area contributed by atoms with Crippen LogP contribution in [-0.2, 0) is 4.79 Å². The first-order chi connectivity index (χ1) is 13.0. The smallest absolute Gasteiger partial charge is 0.266 e. The van der Waals surface area contributed by atoms with Gasteiger partial charge in [0.1, 0.15) is 0 Å². The number of nitrogens with one attached hydrogen (secondary N) is 1. The summed E-state index contributed by atoms with van der Waals surface area (Å²) in [6.07, 6.45) is -0.935. The number of halogens is 1. The van der Waals surface area contributed by atoms with Crippen LogP contribution in [-0.4, -0.2) is 22.3 Å². The standard InChI is InChI=1S/C20H20FN3O3/c1-12(2)14-8-10-15(11-9-14)18-19(24-27-23-18)22-20(25)13(3)26-17-7-5-4-6-16(17)21/h4-13H,1-3H3,(H,22,24,25)/t13-/m0/s1. The fraction of sp³-hybridized carbons (Fsp3) is 0.250. The molecule has 7 heteroatoms. The number of hydrogen-bond acceptors (Lipinski definition) is 5. The van der Waals surface area contributed by atoms with Crippen LogP contribution in [0.2, 0.25) is 0 Å². The molecule has 3 rings (SSSR count). The highest BCUT2D eigenvalue weighted by Crippen LogP contribution is 2.26. The molecule has 0 aliphatic carbocycles. The number of benzene rings is 2. The Balaban J connectivity index is 1.72. The number of aromatic nitrogens is 2. The Kier molecular flexibility index (Phi) is 5.49. The highest BCUT2D eigenvalue weighted by atomic mass is 19.1. The third-order valence-corrected chi connectivity index (χ3v) is 4.09. The Labute approximate surface area is 156 Å². The predicted octanol–water partition coefficient (Wildman–Crippen LogP) is 4.41. The summed E-state index contributed by atoms with van der Waals surface area (Å²) in [5.74, 6) is -0.436. The molecule has 27 heavy (non-hydrogen) atoms. The summed E-state index contributed by atoms with van der Waals surface area (Å²) in [6.45, 7) is 5.73. The van der Waals surface area contributed by atoms with Gasteiger partial charge in [0.2, 0.25) is 5.82 Å². The van der Waals surface area contributed by atoms with E-state index >= 15 is 0 Å². The lowest BCUT2D eigenvalue weighted by Gasteiger charge is -2.14. The lowest BCUT2D eigenvalue weighted by molar-refractivity contribution is -0.122. The molecular weight excluding hydrogens is 349 g/mol. The molecular formula is C20H20FN3O3. The third-order valence-electron chi connectivity index (χ3n) is 4.09. The van der Waals surface area contributed by atoms with E-state index in [2.05, 4.69) is 29.5 Å². The summed E-state index contributed by atoms with van der Waals surface area (Å²) in [7, 11) is 0. The third kappa shape index (κ3) is 4.31. The Morgan fingerprint density at radius 1 is 1.07 bits per heavy atom. The average molecular weight is 369 g/mol. The molecule has 0 fully saturated rings. The molecule has 1 N–H and O–H groups in total. The molecule has 6 nitrogen and oxygen atoms in total. The summed E-state index contributed by atoms with van der Waals surface area (Å²) in [5.41, 5.74) is 2.36. The number of para-hydroxylation sites is 1. The van der Waals surface area contributed by atoms with Gasteiger partial charge in [-0.2, -0.15) is 0 Å². The van der Waals surface area contributed by atoms with E-state index in [-0.39, 0.29) is 11.6 Å². The van der Waals surface area contributed by atoms with E-state index < -0.39 is 17.8 Å². The van der Waals surface area contributed by atoms with Crippen molar-refractivity contribution in [2.75, 3.05) is 5.32 Å². The summed E-state index contributed by atoms with van der Waals surface area (Å²) in [6, 6.07) is 13.7. The lowest BCUT2D eigenvalue weighted by Crippen LogP contribution is -2.30. The predicted molar refractivity (Wildman–Crippen MR) is 98.9 cm³/mol. The van der Waals surface area contributed by atoms with Crippen molar-refractivity contribution in [2.24, 2.45) is 0 Å². The lowest BCUT2D eigenvalue weighted by atomic mass is 10.0. The zero-order valence-electron chi connectivity index (χ0n) is 15.3. The molecule has 2 aromatic carbocycles. The maximum absolute atomic E-state index is 13.7. The minimum absolute atomic E-state index is 0.00271. The number of hydrogen-bond donors (Lipinski definition) is 1. The van der Waals surface area contributed by atoms with Gasteiger partial charge in [-0.15, -0.1) is 0 Å². The van der Waals surface area contributed by atoms with Gasteiger partial charge in [0.05, 0.1) is 0 Å². The maximum atomic E-state index is 13.7. The van der Waals surface area contributed by atoms with Crippen LogP contribution in [0.15, 0.2) is 53.2 Å². The topological polar surface area (TPSA) is 77.3 Å². The van der Waals surface area contributed by atoms with Crippen LogP contribution in [0.1, 0.15) is 32.3 Å². The van der Waals surface area contributed by atoms with Crippen LogP contribution in [0.25, 0.3) is 11.3 Å². The first kappa shape index (κ1) is 18.6. The van der Waals surface area contributed by atoms with Gasteiger partial charge in [-0.25, -0.2) is 9.02 Å². The van der Waals surface area contributed by atoms with Gasteiger partial charge < -0.3 is 10.1 Å². The number of rotatable bonds is 6. The molecule has 1 amide bonds. The first-order valence-corrected chi connectivity index (χ1v) is 8.60. The maximum Gasteiger partial charge on any atom is 0.266 e. The fourth-order valence-corrected chi connectivity index (χ4v) is 2.49. The van der Waals surface area contributed by atoms with Gasteiger partial charge in [0.25, 0.3) is 5.91 Å². The Morgan fingerprint density at radius 2 is 1.78 bits per heavy atom. The number of carbonyl (C=O) groups is 1. The molecule has 3 aromatic rings. The van der Waals surface area contributed by atoms with E-state index in [1.165, 1.54) is 24.6 Å². The quantitative estimate of drug-likeness (QED) is 0.697. The van der Waals surface area contributed by atoms with E-state index in [1.54, 1.807) is 12.1 Å². The van der Waals surface area contributed by atoms with Gasteiger partial charge in [-0.1, -0.05) is 50.2 Å². The molecule has 0 aliphatic rings. The number of ether oxygens (including phenoxy) is 1. The van der Waals surface area contributed by atoms with Crippen LogP contribution in [0.3, 0.4) is 0 Å². The number of nitrogens with zero attached hydrogens (tertiary/aromatic N) is 2. The second-order valence-corrected chi connectivity index (χ2v) is 6.42. The highest BCUT2D eigenvalue weighted by molar-refractivity contribution is 5.95. The number of carbonyl (C=O) groups excluding carboxylic acids is 1. The van der Waals surface area contributed by atoms with Gasteiger partial charge >= 0.3 is 0 Å². The van der Waals surface area contributed by atoms with E-state index in [0.717, 1.165) is 5.56 Å². The van der Waals surface area contributed by atoms with Crippen molar-refractivity contribution in [2.45, 2.75) is 32.8 Å². The Bertz CT molecular complexity index is 922. The van der Waals surface area contributed by atoms with Crippen LogP contribution < -0.4 is 10.1 Å². The normalized spacial score (nSPS) is 12.0. The van der Waals surface area contributed by atoms with E-state index in [9.17, 15) is 9.18 Å². The van der Waals surface area contributed by atoms with Crippen LogP contribution in [0, 0.1) is 5.82 Å². The van der Waals surface area contributed by atoms with Gasteiger partial charge in [-0.05, 0) is 40.9 Å². The molecule has 140 valence electrons. The molecule has 1 heterocycles. The van der Waals surface area contributed by atoms with Gasteiger partial charge in [-0.3, -0.25) is 4.79 Å². The Hall–Kier alpha value is -3.22. The largest absolute Gasteiger partial charge is 0.478 e. The van der Waals surface area contributed by atoms with E-state index in [1.807, 2.05) is 24.3 Å². The molecule has 0 radical (unpaired) electrons. The summed E-state index contributed by atoms with van der Waals surface area (Å²) < 4.78 is 23.8. The van der Waals surface area contributed by atoms with Crippen molar-refractivity contribution >= 4 is 11.7 Å². The van der Waals surface area contributed by atoms with Crippen molar-refractivity contribution in [1.29, 1.82) is 0 Å². The minimum Gasteiger partial charge on any atom is -0.478 e. The molecule has 1 atom stereocenters. The number of amides is 1. The van der Waals surface area contributed by atoms with Crippen LogP contribution >= 0.6 is 0 Å². The highest BCUT2D eigenvalue weighted by Gasteiger charge is 2.21. The fourth-order valence-electron chi connectivity index (χ4n) is 2.49. The second-order valence-electron chi connectivity index (χ2n) is 6.42. The monoisotopic (exact) mass is 369 g/mol. The molecule has 0 aliphatic heterocycles. The summed E-state index contributed by atoms with van der Waals surface area (Å²) in [4.78, 5) is 12.4. The van der Waals surface area contributed by atoms with Crippen molar-refractivity contribution in [3.05, 3.63) is 59.9 Å². The average Bonchev–Trinajstić information content (AvgIpc) is 3.11. The van der Waals surface area contributed by atoms with Crippen molar-refractivity contribution in [1.82, 2.24) is 10.3 Å². The van der Waals surface area contributed by atoms with Crippen molar-refractivity contribution < 1.29 is 18.6 Å². The van der Waals surface area contributed by atoms with Gasteiger partial charge in [0.15, 0.2) is 23.4 Å². The minimum atomic E-state index is -0.935. The molecule has 1 aromatic heterocycles. The SMILES string of the molecule is CC(C)c1ccc(-c2nonc2NC(=O)[C@H](C)Oc2ccccc2F)cc1. The molecule has 0 saturated heterocycles. The second kappa shape index (κ2) is 7.99. The summed E-state index contributed by atoms with van der Waals surface area (Å²) in [5, 5.41) is 10.2. The van der Waals surface area contributed by atoms with Crippen LogP contribution in [0.4, 0.5) is 10.2 Å². The van der Waals surface area contributed by atoms with E-state index in [0.29, 0.717) is 11.6 Å². The van der Waals surface area contributed by atoms with Crippen molar-refractivity contribution in [3.8, 4) is 17.0 Å². The van der Waals surface area contributed by atoms with Crippen LogP contribution in [0.5, 0.6) is 5.75 Å². The molecule has 0 spiro atoms. The van der Waals surface area contributed by atoms with Crippen molar-refractivity contribution in [3.63, 3.8) is 0 Å². The van der Waals surface area contributed by atoms with Gasteiger partial charge in [0, 0.05) is 5.56 Å². The molecule has 0 saturated carbocycles. The Morgan fingerprint density at radius 3 is 2.44 bits per heavy atom. The zero-order valence-corrected chi connectivity index (χ0v) is 15.3. The molecule has 0 bridgehead atoms. The van der Waals surface area contributed by atoms with E-state index in [4.69, 9.17) is 9.37 Å².